The second kappa shape index (κ2) is 12.0. The van der Waals surface area contributed by atoms with Gasteiger partial charge in [0.05, 0.1) is 35.3 Å². The van der Waals surface area contributed by atoms with Gasteiger partial charge in [0.25, 0.3) is 0 Å². The number of hydrogen-bond donors (Lipinski definition) is 0. The van der Waals surface area contributed by atoms with Gasteiger partial charge in [0.1, 0.15) is 29.6 Å². The maximum Gasteiger partial charge on any atom is 0.385 e. The van der Waals surface area contributed by atoms with E-state index in [2.05, 4.69) is 34.4 Å². The zero-order valence-electron chi connectivity index (χ0n) is 19.0. The minimum atomic E-state index is -0.660. The van der Waals surface area contributed by atoms with Gasteiger partial charge in [-0.25, -0.2) is 4.79 Å². The zero-order chi connectivity index (χ0) is 24.7. The van der Waals surface area contributed by atoms with Crippen LogP contribution in [0, 0.1) is 15.4 Å². The van der Waals surface area contributed by atoms with E-state index in [0.717, 1.165) is 0 Å². The van der Waals surface area contributed by atoms with Crippen LogP contribution in [0.2, 0.25) is 5.02 Å². The molecular formula is C25H22ClIO7. The molecule has 178 valence electrons. The molecule has 0 radical (unpaired) electrons. The van der Waals surface area contributed by atoms with E-state index in [0.29, 0.717) is 53.5 Å². The summed E-state index contributed by atoms with van der Waals surface area (Å²) >= 11 is 8.53. The molecule has 0 aliphatic heterocycles. The largest absolute Gasteiger partial charge is 0.497 e. The van der Waals surface area contributed by atoms with Gasteiger partial charge in [0, 0.05) is 35.6 Å². The third kappa shape index (κ3) is 5.78. The Balaban J connectivity index is 1.94. The third-order valence-corrected chi connectivity index (χ3v) is 6.23. The number of methoxy groups -OCH3 is 4. The summed E-state index contributed by atoms with van der Waals surface area (Å²) in [5.74, 6) is 6.76. The molecule has 0 N–H and O–H groups in total. The molecule has 3 aromatic rings. The van der Waals surface area contributed by atoms with Crippen molar-refractivity contribution in [2.24, 2.45) is 0 Å². The number of ether oxygens (including phenoxy) is 6. The van der Waals surface area contributed by atoms with Gasteiger partial charge in [0.2, 0.25) is 0 Å². The zero-order valence-corrected chi connectivity index (χ0v) is 21.9. The summed E-state index contributed by atoms with van der Waals surface area (Å²) in [5, 5.41) is 1.69. The molecule has 0 atom stereocenters. The smallest absolute Gasteiger partial charge is 0.385 e. The lowest BCUT2D eigenvalue weighted by Gasteiger charge is -2.19. The fraction of sp³-hybridized carbons (Fsp3) is 0.240. The average molecular weight is 597 g/mol. The first-order valence-corrected chi connectivity index (χ1v) is 11.4. The van der Waals surface area contributed by atoms with E-state index < -0.39 is 5.97 Å². The molecule has 0 fully saturated rings. The molecule has 0 heterocycles. The van der Waals surface area contributed by atoms with Gasteiger partial charge in [-0.05, 0) is 52.9 Å². The van der Waals surface area contributed by atoms with Crippen molar-refractivity contribution in [2.45, 2.75) is 6.61 Å². The third-order valence-electron chi connectivity index (χ3n) is 4.77. The summed E-state index contributed by atoms with van der Waals surface area (Å²) in [6.07, 6.45) is 0. The molecule has 0 amide bonds. The molecule has 0 spiro atoms. The van der Waals surface area contributed by atoms with Crippen LogP contribution in [0.1, 0.15) is 11.1 Å². The van der Waals surface area contributed by atoms with Crippen molar-refractivity contribution in [2.75, 3.05) is 35.2 Å². The van der Waals surface area contributed by atoms with E-state index in [1.54, 1.807) is 44.6 Å². The summed E-state index contributed by atoms with van der Waals surface area (Å²) in [6.45, 7) is -0.0263. The van der Waals surface area contributed by atoms with Crippen LogP contribution >= 0.6 is 34.2 Å². The lowest BCUT2D eigenvalue weighted by atomic mass is 10.0. The Morgan fingerprint density at radius 1 is 1.00 bits per heavy atom. The van der Waals surface area contributed by atoms with Crippen LogP contribution in [0.15, 0.2) is 36.4 Å². The molecule has 0 aliphatic carbocycles. The maximum atomic E-state index is 12.3. The quantitative estimate of drug-likeness (QED) is 0.153. The number of carbonyl (C=O) groups excluding carboxylic acids is 1. The molecule has 0 saturated carbocycles. The van der Waals surface area contributed by atoms with E-state index >= 15 is 0 Å². The molecule has 9 heteroatoms. The van der Waals surface area contributed by atoms with Crippen LogP contribution in [0.25, 0.3) is 10.8 Å². The Hall–Kier alpha value is -2.87. The molecule has 0 saturated heterocycles. The summed E-state index contributed by atoms with van der Waals surface area (Å²) in [4.78, 5) is 12.3. The topological polar surface area (TPSA) is 72.5 Å². The van der Waals surface area contributed by atoms with Crippen molar-refractivity contribution >= 4 is 50.9 Å². The standard InChI is InChI=1S/C25H22ClIO7/c1-29-14-34-25-22-18(20(31-3)12-19(26)24(22)32-4)11-16(23(25)27)13-33-21(28)10-7-15-5-8-17(30-2)9-6-15/h5-6,8-9,11-12H,13-14H2,1-4H3. The highest BCUT2D eigenvalue weighted by Crippen LogP contribution is 2.47. The lowest BCUT2D eigenvalue weighted by molar-refractivity contribution is -0.137. The van der Waals surface area contributed by atoms with Crippen LogP contribution in [0.5, 0.6) is 23.0 Å². The maximum absolute atomic E-state index is 12.3. The van der Waals surface area contributed by atoms with Crippen LogP contribution in [0.3, 0.4) is 0 Å². The Morgan fingerprint density at radius 2 is 1.74 bits per heavy atom. The first-order chi connectivity index (χ1) is 16.4. The first kappa shape index (κ1) is 25.7. The van der Waals surface area contributed by atoms with Crippen LogP contribution in [-0.4, -0.2) is 41.2 Å². The fourth-order valence-corrected chi connectivity index (χ4v) is 4.20. The van der Waals surface area contributed by atoms with E-state index in [-0.39, 0.29) is 13.4 Å². The second-order valence-corrected chi connectivity index (χ2v) is 8.29. The van der Waals surface area contributed by atoms with Crippen molar-refractivity contribution in [3.8, 4) is 34.8 Å². The van der Waals surface area contributed by atoms with Gasteiger partial charge < -0.3 is 28.4 Å². The van der Waals surface area contributed by atoms with E-state index in [9.17, 15) is 4.79 Å². The monoisotopic (exact) mass is 596 g/mol. The first-order valence-electron chi connectivity index (χ1n) is 9.93. The molecule has 7 nitrogen and oxygen atoms in total. The van der Waals surface area contributed by atoms with Gasteiger partial charge in [-0.2, -0.15) is 0 Å². The number of hydrogen-bond acceptors (Lipinski definition) is 7. The number of esters is 1. The highest BCUT2D eigenvalue weighted by Gasteiger charge is 2.22. The average Bonchev–Trinajstić information content (AvgIpc) is 2.85. The SMILES string of the molecule is COCOc1c(I)c(COC(=O)C#Cc2ccc(OC)cc2)cc2c(OC)cc(Cl)c(OC)c12. The number of fused-ring (bicyclic) bond motifs is 1. The van der Waals surface area contributed by atoms with Gasteiger partial charge in [0.15, 0.2) is 6.79 Å². The predicted octanol–water partition coefficient (Wildman–Crippen LogP) is 5.20. The predicted molar refractivity (Wildman–Crippen MR) is 137 cm³/mol. The molecule has 0 aliphatic rings. The van der Waals surface area contributed by atoms with Gasteiger partial charge >= 0.3 is 5.97 Å². The summed E-state index contributed by atoms with van der Waals surface area (Å²) in [7, 11) is 6.17. The summed E-state index contributed by atoms with van der Waals surface area (Å²) in [6, 6.07) is 10.6. The van der Waals surface area contributed by atoms with Crippen molar-refractivity contribution in [1.82, 2.24) is 0 Å². The minimum Gasteiger partial charge on any atom is -0.497 e. The van der Waals surface area contributed by atoms with Gasteiger partial charge in [-0.1, -0.05) is 17.5 Å². The molecular weight excluding hydrogens is 575 g/mol. The Bertz CT molecular complexity index is 1250. The fourth-order valence-electron chi connectivity index (χ4n) is 3.19. The van der Waals surface area contributed by atoms with Crippen molar-refractivity contribution in [3.63, 3.8) is 0 Å². The molecule has 0 bridgehead atoms. The van der Waals surface area contributed by atoms with Gasteiger partial charge in [-0.15, -0.1) is 0 Å². The number of carbonyl (C=O) groups is 1. The molecule has 3 aromatic carbocycles. The van der Waals surface area contributed by atoms with E-state index in [4.69, 9.17) is 40.0 Å². The highest BCUT2D eigenvalue weighted by atomic mass is 127. The van der Waals surface area contributed by atoms with Crippen molar-refractivity contribution < 1.29 is 33.2 Å². The highest BCUT2D eigenvalue weighted by molar-refractivity contribution is 14.1. The summed E-state index contributed by atoms with van der Waals surface area (Å²) < 4.78 is 33.3. The van der Waals surface area contributed by atoms with Crippen LogP contribution < -0.4 is 18.9 Å². The van der Waals surface area contributed by atoms with Crippen molar-refractivity contribution in [3.05, 3.63) is 56.1 Å². The van der Waals surface area contributed by atoms with Crippen LogP contribution in [-0.2, 0) is 20.9 Å². The Kier molecular flexibility index (Phi) is 9.10. The molecule has 34 heavy (non-hydrogen) atoms. The normalized spacial score (nSPS) is 10.3. The molecule has 0 aromatic heterocycles. The van der Waals surface area contributed by atoms with Crippen molar-refractivity contribution in [1.29, 1.82) is 0 Å². The minimum absolute atomic E-state index is 0.000335. The number of rotatable bonds is 8. The molecule has 3 rings (SSSR count). The van der Waals surface area contributed by atoms with Crippen LogP contribution in [0.4, 0.5) is 0 Å². The number of benzene rings is 3. The number of halogens is 2. The Morgan fingerprint density at radius 3 is 2.35 bits per heavy atom. The molecule has 0 unspecified atom stereocenters. The second-order valence-electron chi connectivity index (χ2n) is 6.80. The summed E-state index contributed by atoms with van der Waals surface area (Å²) in [5.41, 5.74) is 1.36. The van der Waals surface area contributed by atoms with E-state index in [1.807, 2.05) is 6.07 Å². The lowest BCUT2D eigenvalue weighted by Crippen LogP contribution is -2.07. The Labute approximate surface area is 216 Å². The van der Waals surface area contributed by atoms with E-state index in [1.165, 1.54) is 14.2 Å². The van der Waals surface area contributed by atoms with Gasteiger partial charge in [-0.3, -0.25) is 0 Å².